The molecule has 0 aliphatic rings. The quantitative estimate of drug-likeness (QED) is 0.352. The summed E-state index contributed by atoms with van der Waals surface area (Å²) < 4.78 is 19.5. The molecule has 0 fully saturated rings. The molecule has 0 radical (unpaired) electrons. The number of ether oxygens (including phenoxy) is 4. The SMILES string of the molecule is CC=C(O)OC.CCC(=O)OCC(C)(COC(=O)CC)COC(=O)CC. The Morgan fingerprint density at radius 2 is 1.15 bits per heavy atom. The molecule has 152 valence electrons. The first kappa shape index (κ1) is 26.0. The van der Waals surface area contributed by atoms with Crippen molar-refractivity contribution in [2.24, 2.45) is 5.41 Å². The predicted molar refractivity (Wildman–Crippen MR) is 95.3 cm³/mol. The lowest BCUT2D eigenvalue weighted by Gasteiger charge is -2.27. The first-order chi connectivity index (χ1) is 12.2. The fourth-order valence-corrected chi connectivity index (χ4v) is 1.31. The Labute approximate surface area is 155 Å². The van der Waals surface area contributed by atoms with Gasteiger partial charge >= 0.3 is 17.9 Å². The van der Waals surface area contributed by atoms with E-state index in [0.717, 1.165) is 0 Å². The molecule has 0 heterocycles. The molecule has 1 N–H and O–H groups in total. The molecule has 0 aliphatic heterocycles. The number of aliphatic hydroxyl groups excluding tert-OH is 1. The normalized spacial score (nSPS) is 10.9. The van der Waals surface area contributed by atoms with Crippen LogP contribution in [-0.4, -0.2) is 49.9 Å². The van der Waals surface area contributed by atoms with E-state index in [2.05, 4.69) is 4.74 Å². The van der Waals surface area contributed by atoms with Gasteiger partial charge in [0.1, 0.15) is 19.8 Å². The van der Waals surface area contributed by atoms with Crippen molar-refractivity contribution in [3.05, 3.63) is 12.0 Å². The summed E-state index contributed by atoms with van der Waals surface area (Å²) in [7, 11) is 1.41. The van der Waals surface area contributed by atoms with Crippen molar-refractivity contribution < 1.29 is 38.4 Å². The minimum absolute atomic E-state index is 0.0324. The van der Waals surface area contributed by atoms with Crippen molar-refractivity contribution in [1.82, 2.24) is 0 Å². The molecule has 8 heteroatoms. The molecular weight excluding hydrogens is 344 g/mol. The number of aliphatic hydroxyl groups is 1. The number of hydrogen-bond acceptors (Lipinski definition) is 8. The molecule has 0 bridgehead atoms. The van der Waals surface area contributed by atoms with Gasteiger partial charge in [-0.3, -0.25) is 14.4 Å². The van der Waals surface area contributed by atoms with Crippen LogP contribution >= 0.6 is 0 Å². The van der Waals surface area contributed by atoms with E-state index < -0.39 is 5.41 Å². The number of esters is 3. The summed E-state index contributed by atoms with van der Waals surface area (Å²) >= 11 is 0. The highest BCUT2D eigenvalue weighted by Crippen LogP contribution is 2.19. The van der Waals surface area contributed by atoms with Gasteiger partial charge in [0.15, 0.2) is 0 Å². The number of carbonyl (C=O) groups excluding carboxylic acids is 3. The van der Waals surface area contributed by atoms with Gasteiger partial charge in [0, 0.05) is 19.3 Å². The molecule has 0 aliphatic carbocycles. The van der Waals surface area contributed by atoms with Crippen LogP contribution in [0.1, 0.15) is 53.9 Å². The zero-order valence-electron chi connectivity index (χ0n) is 16.6. The summed E-state index contributed by atoms with van der Waals surface area (Å²) in [6, 6.07) is 0. The number of methoxy groups -OCH3 is 1. The Balaban J connectivity index is 0. The molecule has 8 nitrogen and oxygen atoms in total. The van der Waals surface area contributed by atoms with Crippen LogP contribution in [-0.2, 0) is 33.3 Å². The zero-order valence-corrected chi connectivity index (χ0v) is 16.6. The van der Waals surface area contributed by atoms with E-state index >= 15 is 0 Å². The first-order valence-corrected chi connectivity index (χ1v) is 8.54. The standard InChI is InChI=1S/C14H24O6.C4H8O2/c1-5-11(15)18-8-14(4,9-19-12(16)6-2)10-20-13(17)7-3;1-3-4(5)6-2/h5-10H2,1-4H3;3,5H,1-2H3. The second kappa shape index (κ2) is 15.0. The van der Waals surface area contributed by atoms with E-state index in [0.29, 0.717) is 0 Å². The monoisotopic (exact) mass is 376 g/mol. The van der Waals surface area contributed by atoms with Crippen molar-refractivity contribution >= 4 is 17.9 Å². The Kier molecular flexibility index (Phi) is 15.0. The lowest BCUT2D eigenvalue weighted by molar-refractivity contribution is -0.160. The van der Waals surface area contributed by atoms with Crippen LogP contribution < -0.4 is 0 Å². The third-order valence-electron chi connectivity index (χ3n) is 3.07. The van der Waals surface area contributed by atoms with E-state index in [9.17, 15) is 14.4 Å². The molecule has 0 rings (SSSR count). The van der Waals surface area contributed by atoms with E-state index in [1.807, 2.05) is 0 Å². The molecule has 0 unspecified atom stereocenters. The van der Waals surface area contributed by atoms with Gasteiger partial charge < -0.3 is 24.1 Å². The molecule has 0 spiro atoms. The highest BCUT2D eigenvalue weighted by Gasteiger charge is 2.30. The largest absolute Gasteiger partial charge is 0.481 e. The van der Waals surface area contributed by atoms with Crippen molar-refractivity contribution in [3.63, 3.8) is 0 Å². The topological polar surface area (TPSA) is 108 Å². The molecule has 0 aromatic heterocycles. The lowest BCUT2D eigenvalue weighted by Crippen LogP contribution is -2.36. The van der Waals surface area contributed by atoms with Crippen LogP contribution in [0.25, 0.3) is 0 Å². The third kappa shape index (κ3) is 14.1. The Morgan fingerprint density at radius 3 is 1.31 bits per heavy atom. The van der Waals surface area contributed by atoms with Crippen LogP contribution in [0.5, 0.6) is 0 Å². The van der Waals surface area contributed by atoms with Crippen LogP contribution in [0.4, 0.5) is 0 Å². The van der Waals surface area contributed by atoms with Crippen molar-refractivity contribution in [2.75, 3.05) is 26.9 Å². The highest BCUT2D eigenvalue weighted by molar-refractivity contribution is 5.70. The summed E-state index contributed by atoms with van der Waals surface area (Å²) in [5.74, 6) is -1.07. The predicted octanol–water partition coefficient (Wildman–Crippen LogP) is 2.90. The van der Waals surface area contributed by atoms with E-state index in [1.54, 1.807) is 34.6 Å². The molecule has 0 amide bonds. The molecule has 0 aromatic carbocycles. The van der Waals surface area contributed by atoms with Gasteiger partial charge in [-0.1, -0.05) is 20.8 Å². The van der Waals surface area contributed by atoms with Crippen molar-refractivity contribution in [3.8, 4) is 0 Å². The third-order valence-corrected chi connectivity index (χ3v) is 3.07. The molecule has 0 atom stereocenters. The van der Waals surface area contributed by atoms with Gasteiger partial charge in [0.05, 0.1) is 12.5 Å². The second-order valence-electron chi connectivity index (χ2n) is 5.68. The molecular formula is C18H32O8. The molecule has 0 saturated heterocycles. The number of hydrogen-bond donors (Lipinski definition) is 1. The average molecular weight is 376 g/mol. The van der Waals surface area contributed by atoms with Crippen LogP contribution in [0.2, 0.25) is 0 Å². The maximum atomic E-state index is 11.2. The summed E-state index contributed by atoms with van der Waals surface area (Å²) in [6.45, 7) is 8.60. The van der Waals surface area contributed by atoms with E-state index in [-0.39, 0.29) is 62.9 Å². The molecule has 0 aromatic rings. The Hall–Kier alpha value is -2.25. The van der Waals surface area contributed by atoms with Gasteiger partial charge in [-0.25, -0.2) is 0 Å². The lowest BCUT2D eigenvalue weighted by atomic mass is 9.94. The molecule has 0 saturated carbocycles. The summed E-state index contributed by atoms with van der Waals surface area (Å²) in [5.41, 5.74) is -0.736. The summed E-state index contributed by atoms with van der Waals surface area (Å²) in [5, 5.41) is 8.31. The maximum absolute atomic E-state index is 11.2. The van der Waals surface area contributed by atoms with Crippen molar-refractivity contribution in [1.29, 1.82) is 0 Å². The van der Waals surface area contributed by atoms with E-state index in [4.69, 9.17) is 19.3 Å². The Bertz CT molecular complexity index is 406. The average Bonchev–Trinajstić information content (AvgIpc) is 2.68. The smallest absolute Gasteiger partial charge is 0.305 e. The van der Waals surface area contributed by atoms with Crippen LogP contribution in [0, 0.1) is 5.41 Å². The van der Waals surface area contributed by atoms with Crippen molar-refractivity contribution in [2.45, 2.75) is 53.9 Å². The van der Waals surface area contributed by atoms with E-state index in [1.165, 1.54) is 13.2 Å². The highest BCUT2D eigenvalue weighted by atomic mass is 16.6. The Morgan fingerprint density at radius 1 is 0.846 bits per heavy atom. The van der Waals surface area contributed by atoms with Gasteiger partial charge in [0.2, 0.25) is 0 Å². The zero-order chi connectivity index (χ0) is 20.6. The summed E-state index contributed by atoms with van der Waals surface area (Å²) in [4.78, 5) is 33.6. The van der Waals surface area contributed by atoms with Gasteiger partial charge in [0.25, 0.3) is 5.95 Å². The number of rotatable bonds is 10. The molecule has 26 heavy (non-hydrogen) atoms. The van der Waals surface area contributed by atoms with Crippen LogP contribution in [0.3, 0.4) is 0 Å². The number of allylic oxidation sites excluding steroid dienone is 1. The minimum Gasteiger partial charge on any atom is -0.481 e. The fourth-order valence-electron chi connectivity index (χ4n) is 1.31. The van der Waals surface area contributed by atoms with Gasteiger partial charge in [-0.2, -0.15) is 0 Å². The number of carbonyl (C=O) groups is 3. The van der Waals surface area contributed by atoms with Gasteiger partial charge in [-0.15, -0.1) is 0 Å². The van der Waals surface area contributed by atoms with Crippen LogP contribution in [0.15, 0.2) is 12.0 Å². The second-order valence-corrected chi connectivity index (χ2v) is 5.68. The maximum Gasteiger partial charge on any atom is 0.305 e. The van der Waals surface area contributed by atoms with Gasteiger partial charge in [-0.05, 0) is 19.9 Å². The fraction of sp³-hybridized carbons (Fsp3) is 0.722. The minimum atomic E-state index is -0.736. The first-order valence-electron chi connectivity index (χ1n) is 8.54. The summed E-state index contributed by atoms with van der Waals surface area (Å²) in [6.07, 6.45) is 2.26.